The highest BCUT2D eigenvalue weighted by atomic mass is 32.1. The van der Waals surface area contributed by atoms with E-state index in [4.69, 9.17) is 10.7 Å². The summed E-state index contributed by atoms with van der Waals surface area (Å²) in [6.07, 6.45) is 3.44. The Morgan fingerprint density at radius 3 is 2.71 bits per heavy atom. The van der Waals surface area contributed by atoms with Crippen LogP contribution in [-0.4, -0.2) is 11.0 Å². The molecular formula is C14H16N2S. The molecule has 1 saturated carbocycles. The van der Waals surface area contributed by atoms with Crippen LogP contribution < -0.4 is 5.73 Å². The molecule has 3 rings (SSSR count). The first-order valence-corrected chi connectivity index (χ1v) is 6.97. The second-order valence-electron chi connectivity index (χ2n) is 4.71. The van der Waals surface area contributed by atoms with Gasteiger partial charge in [-0.15, -0.1) is 11.3 Å². The number of hydrogen-bond donors (Lipinski definition) is 1. The molecule has 1 fully saturated rings. The van der Waals surface area contributed by atoms with Crippen LogP contribution in [0.5, 0.6) is 0 Å². The summed E-state index contributed by atoms with van der Waals surface area (Å²) in [6, 6.07) is 10.7. The summed E-state index contributed by atoms with van der Waals surface area (Å²) >= 11 is 1.78. The SMILES string of the molecule is N[C@H]1CC[C@H](c2nc(-c3ccccc3)cs2)C1. The maximum Gasteiger partial charge on any atom is 0.0964 e. The summed E-state index contributed by atoms with van der Waals surface area (Å²) in [6.45, 7) is 0. The van der Waals surface area contributed by atoms with Crippen LogP contribution in [-0.2, 0) is 0 Å². The molecule has 0 unspecified atom stereocenters. The van der Waals surface area contributed by atoms with Gasteiger partial charge in [0.25, 0.3) is 0 Å². The lowest BCUT2D eigenvalue weighted by atomic mass is 10.1. The number of nitrogens with zero attached hydrogens (tertiary/aromatic N) is 1. The molecule has 2 nitrogen and oxygen atoms in total. The minimum Gasteiger partial charge on any atom is -0.328 e. The van der Waals surface area contributed by atoms with Gasteiger partial charge in [-0.25, -0.2) is 4.98 Å². The molecule has 1 aliphatic carbocycles. The lowest BCUT2D eigenvalue weighted by Crippen LogP contribution is -2.14. The number of rotatable bonds is 2. The van der Waals surface area contributed by atoms with Crippen molar-refractivity contribution in [3.63, 3.8) is 0 Å². The van der Waals surface area contributed by atoms with E-state index in [-0.39, 0.29) is 0 Å². The van der Waals surface area contributed by atoms with Gasteiger partial charge in [-0.1, -0.05) is 30.3 Å². The molecule has 2 N–H and O–H groups in total. The first kappa shape index (κ1) is 10.9. The van der Waals surface area contributed by atoms with Crippen molar-refractivity contribution in [3.05, 3.63) is 40.7 Å². The third-order valence-electron chi connectivity index (χ3n) is 3.41. The predicted molar refractivity (Wildman–Crippen MR) is 72.1 cm³/mol. The highest BCUT2D eigenvalue weighted by molar-refractivity contribution is 7.10. The Bertz CT molecular complexity index is 492. The maximum atomic E-state index is 5.96. The Balaban J connectivity index is 1.84. The van der Waals surface area contributed by atoms with Gasteiger partial charge in [0.2, 0.25) is 0 Å². The highest BCUT2D eigenvalue weighted by Crippen LogP contribution is 2.36. The number of aromatic nitrogens is 1. The van der Waals surface area contributed by atoms with Crippen LogP contribution in [0.2, 0.25) is 0 Å². The summed E-state index contributed by atoms with van der Waals surface area (Å²) in [4.78, 5) is 4.76. The maximum absolute atomic E-state index is 5.96. The Labute approximate surface area is 106 Å². The van der Waals surface area contributed by atoms with E-state index >= 15 is 0 Å². The first-order chi connectivity index (χ1) is 8.33. The fraction of sp³-hybridized carbons (Fsp3) is 0.357. The monoisotopic (exact) mass is 244 g/mol. The second kappa shape index (κ2) is 4.59. The molecule has 0 saturated heterocycles. The van der Waals surface area contributed by atoms with Crippen LogP contribution in [0.25, 0.3) is 11.3 Å². The predicted octanol–water partition coefficient (Wildman–Crippen LogP) is 3.40. The van der Waals surface area contributed by atoms with E-state index in [1.54, 1.807) is 11.3 Å². The van der Waals surface area contributed by atoms with Gasteiger partial charge in [-0.3, -0.25) is 0 Å². The summed E-state index contributed by atoms with van der Waals surface area (Å²) in [5.41, 5.74) is 8.27. The van der Waals surface area contributed by atoms with E-state index in [0.717, 1.165) is 18.5 Å². The Morgan fingerprint density at radius 2 is 2.00 bits per heavy atom. The van der Waals surface area contributed by atoms with Crippen molar-refractivity contribution < 1.29 is 0 Å². The van der Waals surface area contributed by atoms with Crippen molar-refractivity contribution in [2.45, 2.75) is 31.2 Å². The Hall–Kier alpha value is -1.19. The summed E-state index contributed by atoms with van der Waals surface area (Å²) in [5.74, 6) is 0.590. The molecule has 0 aliphatic heterocycles. The molecule has 1 aromatic carbocycles. The number of hydrogen-bond acceptors (Lipinski definition) is 3. The van der Waals surface area contributed by atoms with Crippen molar-refractivity contribution >= 4 is 11.3 Å². The van der Waals surface area contributed by atoms with Gasteiger partial charge >= 0.3 is 0 Å². The van der Waals surface area contributed by atoms with Crippen molar-refractivity contribution in [1.29, 1.82) is 0 Å². The highest BCUT2D eigenvalue weighted by Gasteiger charge is 2.25. The average Bonchev–Trinajstić information content (AvgIpc) is 2.98. The van der Waals surface area contributed by atoms with E-state index in [1.165, 1.54) is 17.0 Å². The Kier molecular flexibility index (Phi) is 2.95. The van der Waals surface area contributed by atoms with Crippen molar-refractivity contribution in [2.24, 2.45) is 5.73 Å². The fourth-order valence-corrected chi connectivity index (χ4v) is 3.44. The molecule has 1 heterocycles. The molecule has 0 amide bonds. The van der Waals surface area contributed by atoms with Crippen molar-refractivity contribution in [3.8, 4) is 11.3 Å². The first-order valence-electron chi connectivity index (χ1n) is 6.09. The van der Waals surface area contributed by atoms with E-state index in [0.29, 0.717) is 12.0 Å². The minimum atomic E-state index is 0.379. The van der Waals surface area contributed by atoms with Crippen molar-refractivity contribution in [2.75, 3.05) is 0 Å². The quantitative estimate of drug-likeness (QED) is 0.879. The van der Waals surface area contributed by atoms with Crippen LogP contribution >= 0.6 is 11.3 Å². The van der Waals surface area contributed by atoms with Gasteiger partial charge < -0.3 is 5.73 Å². The largest absolute Gasteiger partial charge is 0.328 e. The molecule has 17 heavy (non-hydrogen) atoms. The van der Waals surface area contributed by atoms with Crippen LogP contribution in [0, 0.1) is 0 Å². The lowest BCUT2D eigenvalue weighted by Gasteiger charge is -2.04. The zero-order valence-corrected chi connectivity index (χ0v) is 10.5. The molecule has 0 bridgehead atoms. The van der Waals surface area contributed by atoms with E-state index in [1.807, 2.05) is 6.07 Å². The summed E-state index contributed by atoms with van der Waals surface area (Å²) < 4.78 is 0. The van der Waals surface area contributed by atoms with Gasteiger partial charge in [0.1, 0.15) is 0 Å². The molecule has 88 valence electrons. The van der Waals surface area contributed by atoms with Crippen molar-refractivity contribution in [1.82, 2.24) is 4.98 Å². The fourth-order valence-electron chi connectivity index (χ4n) is 2.46. The van der Waals surface area contributed by atoms with E-state index in [9.17, 15) is 0 Å². The lowest BCUT2D eigenvalue weighted by molar-refractivity contribution is 0.672. The second-order valence-corrected chi connectivity index (χ2v) is 5.60. The number of nitrogens with two attached hydrogens (primary N) is 1. The molecule has 1 aromatic heterocycles. The Morgan fingerprint density at radius 1 is 1.18 bits per heavy atom. The topological polar surface area (TPSA) is 38.9 Å². The molecule has 3 heteroatoms. The van der Waals surface area contributed by atoms with Gasteiger partial charge in [-0.05, 0) is 19.3 Å². The molecule has 2 atom stereocenters. The van der Waals surface area contributed by atoms with Gasteiger partial charge in [0.15, 0.2) is 0 Å². The normalized spacial score (nSPS) is 24.1. The van der Waals surface area contributed by atoms with E-state index < -0.39 is 0 Å². The minimum absolute atomic E-state index is 0.379. The van der Waals surface area contributed by atoms with Crippen LogP contribution in [0.15, 0.2) is 35.7 Å². The molecular weight excluding hydrogens is 228 g/mol. The number of benzene rings is 1. The van der Waals surface area contributed by atoms with Crippen LogP contribution in [0.4, 0.5) is 0 Å². The third-order valence-corrected chi connectivity index (χ3v) is 4.42. The third kappa shape index (κ3) is 2.26. The zero-order chi connectivity index (χ0) is 11.7. The molecule has 0 spiro atoms. The summed E-state index contributed by atoms with van der Waals surface area (Å²) in [7, 11) is 0. The number of thiazole rings is 1. The van der Waals surface area contributed by atoms with E-state index in [2.05, 4.69) is 29.6 Å². The standard InChI is InChI=1S/C14H16N2S/c15-12-7-6-11(8-12)14-16-13(9-17-14)10-4-2-1-3-5-10/h1-5,9,11-12H,6-8,15H2/t11-,12-/m0/s1. The molecule has 2 aromatic rings. The van der Waals surface area contributed by atoms with Gasteiger partial charge in [-0.2, -0.15) is 0 Å². The zero-order valence-electron chi connectivity index (χ0n) is 9.67. The summed E-state index contributed by atoms with van der Waals surface area (Å²) in [5, 5.41) is 3.42. The molecule has 0 radical (unpaired) electrons. The smallest absolute Gasteiger partial charge is 0.0964 e. The van der Waals surface area contributed by atoms with Crippen LogP contribution in [0.1, 0.15) is 30.2 Å². The van der Waals surface area contributed by atoms with Gasteiger partial charge in [0.05, 0.1) is 10.7 Å². The van der Waals surface area contributed by atoms with Crippen LogP contribution in [0.3, 0.4) is 0 Å². The molecule has 1 aliphatic rings. The average molecular weight is 244 g/mol. The van der Waals surface area contributed by atoms with Gasteiger partial charge in [0, 0.05) is 22.9 Å².